The van der Waals surface area contributed by atoms with E-state index in [1.807, 2.05) is 19.1 Å². The fourth-order valence-electron chi connectivity index (χ4n) is 2.94. The molecule has 0 bridgehead atoms. The van der Waals surface area contributed by atoms with E-state index in [1.54, 1.807) is 12.1 Å². The molecule has 3 aromatic carbocycles. The number of amides is 2. The van der Waals surface area contributed by atoms with Crippen molar-refractivity contribution in [2.24, 2.45) is 0 Å². The Morgan fingerprint density at radius 2 is 1.44 bits per heavy atom. The Morgan fingerprint density at radius 3 is 2.03 bits per heavy atom. The summed E-state index contributed by atoms with van der Waals surface area (Å²) >= 11 is 0. The summed E-state index contributed by atoms with van der Waals surface area (Å²) in [4.78, 5) is 14.2. The lowest BCUT2D eigenvalue weighted by molar-refractivity contribution is 0.257. The molecular formula is C23H23F2N3O3S. The minimum Gasteiger partial charge on any atom is -0.308 e. The molecule has 3 rings (SSSR count). The van der Waals surface area contributed by atoms with Crippen LogP contribution in [0.3, 0.4) is 0 Å². The van der Waals surface area contributed by atoms with Crippen LogP contribution in [-0.4, -0.2) is 27.5 Å². The number of halogens is 2. The van der Waals surface area contributed by atoms with Crippen molar-refractivity contribution in [2.75, 3.05) is 23.3 Å². The molecule has 32 heavy (non-hydrogen) atoms. The number of urea groups is 1. The van der Waals surface area contributed by atoms with Crippen LogP contribution in [0.4, 0.5) is 25.0 Å². The van der Waals surface area contributed by atoms with E-state index < -0.39 is 27.7 Å². The molecule has 0 aliphatic heterocycles. The van der Waals surface area contributed by atoms with Crippen molar-refractivity contribution >= 4 is 27.4 Å². The number of nitrogens with one attached hydrogen (secondary N) is 2. The standard InChI is InChI=1S/C23H23F2N3O3S/c1-17-3-9-20(10-4-17)27-23(29)28(21-11-5-18(24)6-12-21)16-2-15-26-32(30,31)22-13-7-19(25)8-14-22/h3-14,26H,2,15-16H2,1H3,(H,27,29). The van der Waals surface area contributed by atoms with Gasteiger partial charge in [-0.3, -0.25) is 4.90 Å². The average Bonchev–Trinajstić information content (AvgIpc) is 2.76. The summed E-state index contributed by atoms with van der Waals surface area (Å²) < 4.78 is 53.5. The van der Waals surface area contributed by atoms with Crippen LogP contribution in [0.15, 0.2) is 77.7 Å². The predicted octanol–water partition coefficient (Wildman–Crippen LogP) is 4.68. The Labute approximate surface area is 185 Å². The van der Waals surface area contributed by atoms with Crippen LogP contribution in [0.1, 0.15) is 12.0 Å². The van der Waals surface area contributed by atoms with Gasteiger partial charge in [0.2, 0.25) is 10.0 Å². The van der Waals surface area contributed by atoms with Crippen molar-refractivity contribution in [2.45, 2.75) is 18.2 Å². The lowest BCUT2D eigenvalue weighted by Gasteiger charge is -2.23. The molecule has 0 atom stereocenters. The highest BCUT2D eigenvalue weighted by Gasteiger charge is 2.18. The third-order valence-corrected chi connectivity index (χ3v) is 6.14. The highest BCUT2D eigenvalue weighted by molar-refractivity contribution is 7.89. The third kappa shape index (κ3) is 6.35. The van der Waals surface area contributed by atoms with Crippen molar-refractivity contribution in [1.82, 2.24) is 4.72 Å². The van der Waals surface area contributed by atoms with Gasteiger partial charge in [-0.15, -0.1) is 0 Å². The molecule has 0 fully saturated rings. The zero-order valence-electron chi connectivity index (χ0n) is 17.4. The first kappa shape index (κ1) is 23.4. The van der Waals surface area contributed by atoms with Crippen molar-refractivity contribution in [3.8, 4) is 0 Å². The second-order valence-electron chi connectivity index (χ2n) is 7.13. The molecule has 2 amide bonds. The van der Waals surface area contributed by atoms with E-state index in [2.05, 4.69) is 10.0 Å². The topological polar surface area (TPSA) is 78.5 Å². The summed E-state index contributed by atoms with van der Waals surface area (Å²) in [5.41, 5.74) is 2.12. The Balaban J connectivity index is 1.66. The lowest BCUT2D eigenvalue weighted by atomic mass is 10.2. The van der Waals surface area contributed by atoms with Crippen LogP contribution in [0.25, 0.3) is 0 Å². The van der Waals surface area contributed by atoms with Gasteiger partial charge < -0.3 is 5.32 Å². The third-order valence-electron chi connectivity index (χ3n) is 4.66. The fraction of sp³-hybridized carbons (Fsp3) is 0.174. The predicted molar refractivity (Wildman–Crippen MR) is 120 cm³/mol. The maximum Gasteiger partial charge on any atom is 0.326 e. The summed E-state index contributed by atoms with van der Waals surface area (Å²) in [6.07, 6.45) is 0.291. The highest BCUT2D eigenvalue weighted by atomic mass is 32.2. The van der Waals surface area contributed by atoms with E-state index in [4.69, 9.17) is 0 Å². The van der Waals surface area contributed by atoms with Gasteiger partial charge in [-0.05, 0) is 74.0 Å². The number of carbonyl (C=O) groups is 1. The molecule has 0 spiro atoms. The van der Waals surface area contributed by atoms with Crippen LogP contribution < -0.4 is 14.9 Å². The summed E-state index contributed by atoms with van der Waals surface area (Å²) in [5, 5.41) is 2.79. The van der Waals surface area contributed by atoms with E-state index in [-0.39, 0.29) is 18.0 Å². The van der Waals surface area contributed by atoms with Gasteiger partial charge in [0.25, 0.3) is 0 Å². The maximum atomic E-state index is 13.3. The average molecular weight is 460 g/mol. The summed E-state index contributed by atoms with van der Waals surface area (Å²) in [6, 6.07) is 16.8. The molecule has 0 aromatic heterocycles. The van der Waals surface area contributed by atoms with Gasteiger partial charge in [0.1, 0.15) is 11.6 Å². The maximum absolute atomic E-state index is 13.3. The number of anilines is 2. The number of aryl methyl sites for hydroxylation is 1. The van der Waals surface area contributed by atoms with Gasteiger partial charge in [0.05, 0.1) is 4.90 Å². The molecule has 9 heteroatoms. The Bertz CT molecular complexity index is 1150. The first-order valence-corrected chi connectivity index (χ1v) is 11.4. The molecule has 0 unspecified atom stereocenters. The molecular weight excluding hydrogens is 436 g/mol. The van der Waals surface area contributed by atoms with E-state index in [0.29, 0.717) is 17.8 Å². The summed E-state index contributed by atoms with van der Waals surface area (Å²) in [7, 11) is -3.80. The molecule has 168 valence electrons. The number of nitrogens with zero attached hydrogens (tertiary/aromatic N) is 1. The zero-order valence-corrected chi connectivity index (χ0v) is 18.2. The molecule has 3 aromatic rings. The van der Waals surface area contributed by atoms with E-state index in [0.717, 1.165) is 17.7 Å². The van der Waals surface area contributed by atoms with Crippen molar-refractivity contribution in [3.63, 3.8) is 0 Å². The first-order chi connectivity index (χ1) is 15.2. The minimum atomic E-state index is -3.80. The number of hydrogen-bond donors (Lipinski definition) is 2. The number of benzene rings is 3. The highest BCUT2D eigenvalue weighted by Crippen LogP contribution is 2.18. The van der Waals surface area contributed by atoms with Gasteiger partial charge in [0.15, 0.2) is 0 Å². The summed E-state index contributed by atoms with van der Waals surface area (Å²) in [6.45, 7) is 2.16. The second-order valence-corrected chi connectivity index (χ2v) is 8.90. The monoisotopic (exact) mass is 459 g/mol. The van der Waals surface area contributed by atoms with Gasteiger partial charge in [0, 0.05) is 24.5 Å². The minimum absolute atomic E-state index is 0.0496. The number of hydrogen-bond acceptors (Lipinski definition) is 3. The SMILES string of the molecule is Cc1ccc(NC(=O)N(CCCNS(=O)(=O)c2ccc(F)cc2)c2ccc(F)cc2)cc1. The van der Waals surface area contributed by atoms with Crippen molar-refractivity contribution in [1.29, 1.82) is 0 Å². The van der Waals surface area contributed by atoms with E-state index >= 15 is 0 Å². The van der Waals surface area contributed by atoms with Crippen molar-refractivity contribution < 1.29 is 22.0 Å². The number of rotatable bonds is 8. The number of sulfonamides is 1. The van der Waals surface area contributed by atoms with Gasteiger partial charge in [-0.25, -0.2) is 26.7 Å². The first-order valence-electron chi connectivity index (χ1n) is 9.90. The van der Waals surface area contributed by atoms with Gasteiger partial charge in [-0.2, -0.15) is 0 Å². The quantitative estimate of drug-likeness (QED) is 0.480. The van der Waals surface area contributed by atoms with Crippen LogP contribution in [-0.2, 0) is 10.0 Å². The van der Waals surface area contributed by atoms with Crippen LogP contribution >= 0.6 is 0 Å². The Hall–Kier alpha value is -3.30. The molecule has 0 saturated carbocycles. The molecule has 0 heterocycles. The van der Waals surface area contributed by atoms with Crippen LogP contribution in [0.5, 0.6) is 0 Å². The Kier molecular flexibility index (Phi) is 7.55. The molecule has 0 aliphatic carbocycles. The normalized spacial score (nSPS) is 11.2. The van der Waals surface area contributed by atoms with Gasteiger partial charge >= 0.3 is 6.03 Å². The van der Waals surface area contributed by atoms with Gasteiger partial charge in [-0.1, -0.05) is 17.7 Å². The van der Waals surface area contributed by atoms with Crippen LogP contribution in [0.2, 0.25) is 0 Å². The smallest absolute Gasteiger partial charge is 0.308 e. The molecule has 6 nitrogen and oxygen atoms in total. The molecule has 0 aliphatic rings. The second kappa shape index (κ2) is 10.3. The molecule has 0 radical (unpaired) electrons. The van der Waals surface area contributed by atoms with Crippen LogP contribution in [0, 0.1) is 18.6 Å². The number of carbonyl (C=O) groups excluding carboxylic acids is 1. The lowest BCUT2D eigenvalue weighted by Crippen LogP contribution is -2.37. The molecule has 0 saturated heterocycles. The largest absolute Gasteiger partial charge is 0.326 e. The summed E-state index contributed by atoms with van der Waals surface area (Å²) in [5.74, 6) is -0.960. The zero-order chi connectivity index (χ0) is 23.1. The Morgan fingerprint density at radius 1 is 0.875 bits per heavy atom. The molecule has 2 N–H and O–H groups in total. The van der Waals surface area contributed by atoms with Crippen molar-refractivity contribution in [3.05, 3.63) is 90.0 Å². The van der Waals surface area contributed by atoms with E-state index in [1.165, 1.54) is 41.3 Å². The fourth-order valence-corrected chi connectivity index (χ4v) is 4.01. The van der Waals surface area contributed by atoms with E-state index in [9.17, 15) is 22.0 Å².